The molecule has 5 nitrogen and oxygen atoms in total. The standard InChI is InChI=1S/C17H11BrClF3N2O3/c18-9-5-24-13(4-10(9)20)23-14-11(25)6-26-16(15(14)24)8-3-7(19)1-2-12(8)27-17(21)22/h1-5,11,16-17,25H,6H2. The Morgan fingerprint density at radius 2 is 2.15 bits per heavy atom. The SMILES string of the molecule is OC1COC(c2cc(Cl)ccc2OC(F)F)c2c1nc1cc(F)c(Br)cn21. The molecule has 3 heterocycles. The van der Waals surface area contributed by atoms with E-state index in [1.54, 1.807) is 0 Å². The molecule has 1 aromatic carbocycles. The molecule has 2 atom stereocenters. The van der Waals surface area contributed by atoms with Crippen LogP contribution in [0.25, 0.3) is 5.65 Å². The van der Waals surface area contributed by atoms with Gasteiger partial charge in [-0.2, -0.15) is 8.78 Å². The van der Waals surface area contributed by atoms with E-state index in [-0.39, 0.29) is 33.7 Å². The van der Waals surface area contributed by atoms with Crippen LogP contribution < -0.4 is 4.74 Å². The number of ether oxygens (including phenoxy) is 2. The molecule has 0 fully saturated rings. The van der Waals surface area contributed by atoms with Gasteiger partial charge in [-0.3, -0.25) is 4.40 Å². The number of aliphatic hydroxyl groups is 1. The quantitative estimate of drug-likeness (QED) is 0.615. The number of fused-ring (bicyclic) bond motifs is 3. The molecule has 0 amide bonds. The van der Waals surface area contributed by atoms with Gasteiger partial charge in [-0.1, -0.05) is 11.6 Å². The summed E-state index contributed by atoms with van der Waals surface area (Å²) >= 11 is 9.15. The Labute approximate surface area is 164 Å². The number of hydrogen-bond donors (Lipinski definition) is 1. The summed E-state index contributed by atoms with van der Waals surface area (Å²) in [6, 6.07) is 5.38. The third kappa shape index (κ3) is 3.29. The van der Waals surface area contributed by atoms with Gasteiger partial charge in [0.05, 0.1) is 22.5 Å². The van der Waals surface area contributed by atoms with Gasteiger partial charge in [0, 0.05) is 22.8 Å². The Kier molecular flexibility index (Phi) is 4.79. The number of nitrogens with zero attached hydrogens (tertiary/aromatic N) is 2. The molecule has 0 aliphatic carbocycles. The van der Waals surface area contributed by atoms with Crippen LogP contribution in [0.2, 0.25) is 5.02 Å². The highest BCUT2D eigenvalue weighted by atomic mass is 79.9. The second kappa shape index (κ2) is 6.97. The van der Waals surface area contributed by atoms with Crippen molar-refractivity contribution in [2.24, 2.45) is 0 Å². The zero-order valence-corrected chi connectivity index (χ0v) is 15.7. The number of halogens is 5. The van der Waals surface area contributed by atoms with E-state index in [2.05, 4.69) is 25.7 Å². The zero-order chi connectivity index (χ0) is 19.3. The van der Waals surface area contributed by atoms with Crippen LogP contribution in [0.4, 0.5) is 13.2 Å². The Bertz CT molecular complexity index is 1030. The number of imidazole rings is 1. The van der Waals surface area contributed by atoms with E-state index in [0.29, 0.717) is 10.7 Å². The highest BCUT2D eigenvalue weighted by Gasteiger charge is 2.35. The maximum Gasteiger partial charge on any atom is 0.387 e. The van der Waals surface area contributed by atoms with Crippen LogP contribution in [0.5, 0.6) is 5.75 Å². The lowest BCUT2D eigenvalue weighted by Crippen LogP contribution is -2.23. The Balaban J connectivity index is 1.94. The monoisotopic (exact) mass is 462 g/mol. The predicted octanol–water partition coefficient (Wildman–Crippen LogP) is 4.64. The van der Waals surface area contributed by atoms with Crippen LogP contribution in [0.3, 0.4) is 0 Å². The first-order valence-electron chi connectivity index (χ1n) is 7.76. The number of rotatable bonds is 3. The summed E-state index contributed by atoms with van der Waals surface area (Å²) in [6.45, 7) is -3.16. The molecule has 0 spiro atoms. The molecule has 1 aliphatic heterocycles. The summed E-state index contributed by atoms with van der Waals surface area (Å²) in [5.74, 6) is -0.640. The van der Waals surface area contributed by atoms with Crippen molar-refractivity contribution in [2.45, 2.75) is 18.8 Å². The number of benzene rings is 1. The van der Waals surface area contributed by atoms with Gasteiger partial charge in [0.25, 0.3) is 0 Å². The zero-order valence-electron chi connectivity index (χ0n) is 13.4. The van der Waals surface area contributed by atoms with Crippen LogP contribution in [0, 0.1) is 5.82 Å². The van der Waals surface area contributed by atoms with E-state index in [1.807, 2.05) is 0 Å². The topological polar surface area (TPSA) is 56.0 Å². The third-order valence-corrected chi connectivity index (χ3v) is 5.00. The van der Waals surface area contributed by atoms with Gasteiger partial charge in [0.15, 0.2) is 0 Å². The summed E-state index contributed by atoms with van der Waals surface area (Å²) in [5.41, 5.74) is 1.14. The number of hydrogen-bond acceptors (Lipinski definition) is 4. The molecular formula is C17H11BrClF3N2O3. The van der Waals surface area contributed by atoms with Crippen LogP contribution >= 0.6 is 27.5 Å². The summed E-state index contributed by atoms with van der Waals surface area (Å²) in [5, 5.41) is 10.5. The number of aromatic nitrogens is 2. The van der Waals surface area contributed by atoms with Crippen molar-refractivity contribution in [3.8, 4) is 5.75 Å². The maximum atomic E-state index is 13.9. The lowest BCUT2D eigenvalue weighted by Gasteiger charge is -2.28. The molecule has 10 heteroatoms. The van der Waals surface area contributed by atoms with Gasteiger partial charge >= 0.3 is 6.61 Å². The van der Waals surface area contributed by atoms with Crippen LogP contribution in [0.1, 0.15) is 29.2 Å². The molecule has 4 rings (SSSR count). The third-order valence-electron chi connectivity index (χ3n) is 4.19. The van der Waals surface area contributed by atoms with Crippen LogP contribution in [-0.2, 0) is 4.74 Å². The van der Waals surface area contributed by atoms with E-state index < -0.39 is 24.6 Å². The smallest absolute Gasteiger partial charge is 0.387 e. The van der Waals surface area contributed by atoms with Gasteiger partial charge in [0.2, 0.25) is 0 Å². The maximum absolute atomic E-state index is 13.9. The fourth-order valence-electron chi connectivity index (χ4n) is 3.09. The summed E-state index contributed by atoms with van der Waals surface area (Å²) in [7, 11) is 0. The largest absolute Gasteiger partial charge is 0.434 e. The lowest BCUT2D eigenvalue weighted by molar-refractivity contribution is -0.0548. The molecule has 2 aromatic heterocycles. The summed E-state index contributed by atoms with van der Waals surface area (Å²) in [6.07, 6.45) is -0.511. The van der Waals surface area contributed by atoms with Gasteiger partial charge in [-0.05, 0) is 34.1 Å². The average molecular weight is 464 g/mol. The van der Waals surface area contributed by atoms with Crippen LogP contribution in [0.15, 0.2) is 34.9 Å². The predicted molar refractivity (Wildman–Crippen MR) is 93.7 cm³/mol. The fraction of sp³-hybridized carbons (Fsp3) is 0.235. The van der Waals surface area contributed by atoms with E-state index in [1.165, 1.54) is 34.9 Å². The van der Waals surface area contributed by atoms with Gasteiger partial charge in [-0.25, -0.2) is 9.37 Å². The molecule has 1 aliphatic rings. The average Bonchev–Trinajstić information content (AvgIpc) is 2.96. The Morgan fingerprint density at radius 3 is 2.89 bits per heavy atom. The minimum absolute atomic E-state index is 0.113. The molecule has 2 unspecified atom stereocenters. The van der Waals surface area contributed by atoms with Gasteiger partial charge in [-0.15, -0.1) is 0 Å². The molecule has 0 bridgehead atoms. The second-order valence-electron chi connectivity index (χ2n) is 5.87. The molecule has 0 saturated carbocycles. The summed E-state index contributed by atoms with van der Waals surface area (Å²) in [4.78, 5) is 4.28. The van der Waals surface area contributed by atoms with Crippen molar-refractivity contribution in [2.75, 3.05) is 6.61 Å². The molecule has 27 heavy (non-hydrogen) atoms. The van der Waals surface area contributed by atoms with Crippen molar-refractivity contribution in [1.29, 1.82) is 0 Å². The molecule has 142 valence electrons. The van der Waals surface area contributed by atoms with Crippen molar-refractivity contribution in [1.82, 2.24) is 9.38 Å². The van der Waals surface area contributed by atoms with Gasteiger partial charge in [0.1, 0.15) is 29.4 Å². The van der Waals surface area contributed by atoms with E-state index >= 15 is 0 Å². The van der Waals surface area contributed by atoms with Crippen LogP contribution in [-0.4, -0.2) is 27.7 Å². The minimum Gasteiger partial charge on any atom is -0.434 e. The highest BCUT2D eigenvalue weighted by Crippen LogP contribution is 2.42. The lowest BCUT2D eigenvalue weighted by atomic mass is 9.99. The van der Waals surface area contributed by atoms with E-state index in [0.717, 1.165) is 0 Å². The highest BCUT2D eigenvalue weighted by molar-refractivity contribution is 9.10. The van der Waals surface area contributed by atoms with Crippen molar-refractivity contribution in [3.63, 3.8) is 0 Å². The molecule has 3 aromatic rings. The number of alkyl halides is 2. The number of aliphatic hydroxyl groups excluding tert-OH is 1. The number of pyridine rings is 1. The normalized spacial score (nSPS) is 19.5. The van der Waals surface area contributed by atoms with Crippen molar-refractivity contribution >= 4 is 33.2 Å². The first-order valence-corrected chi connectivity index (χ1v) is 8.93. The van der Waals surface area contributed by atoms with Crippen molar-refractivity contribution < 1.29 is 27.8 Å². The Hall–Kier alpha value is -1.81. The van der Waals surface area contributed by atoms with Crippen molar-refractivity contribution in [3.05, 3.63) is 62.7 Å². The summed E-state index contributed by atoms with van der Waals surface area (Å²) < 4.78 is 51.5. The molecule has 0 radical (unpaired) electrons. The Morgan fingerprint density at radius 1 is 1.37 bits per heavy atom. The fourth-order valence-corrected chi connectivity index (χ4v) is 3.59. The first kappa shape index (κ1) is 18.5. The van der Waals surface area contributed by atoms with Gasteiger partial charge < -0.3 is 14.6 Å². The van der Waals surface area contributed by atoms with E-state index in [9.17, 15) is 18.3 Å². The molecule has 0 saturated heterocycles. The first-order chi connectivity index (χ1) is 12.8. The second-order valence-corrected chi connectivity index (χ2v) is 7.16. The van der Waals surface area contributed by atoms with E-state index in [4.69, 9.17) is 16.3 Å². The molecular weight excluding hydrogens is 453 g/mol. The minimum atomic E-state index is -3.04. The molecule has 1 N–H and O–H groups in total.